The fraction of sp³-hybridized carbons (Fsp3) is 0.200. The van der Waals surface area contributed by atoms with Crippen LogP contribution in [0.1, 0.15) is 47.0 Å². The summed E-state index contributed by atoms with van der Waals surface area (Å²) in [6, 6.07) is 10.5. The van der Waals surface area contributed by atoms with Gasteiger partial charge in [-0.3, -0.25) is 9.59 Å². The predicted octanol–water partition coefficient (Wildman–Crippen LogP) is 4.34. The molecule has 0 fully saturated rings. The SMILES string of the molecule is CCC(C(=O)O)n1c(=NC(=O)c2cccc(Cl)c2)sc2ccc(C(C)=O)cc21. The second kappa shape index (κ2) is 8.08. The van der Waals surface area contributed by atoms with E-state index in [2.05, 4.69) is 4.99 Å². The smallest absolute Gasteiger partial charge is 0.326 e. The van der Waals surface area contributed by atoms with Crippen LogP contribution in [0.3, 0.4) is 0 Å². The normalized spacial score (nSPS) is 12.9. The highest BCUT2D eigenvalue weighted by molar-refractivity contribution is 7.16. The van der Waals surface area contributed by atoms with E-state index in [0.29, 0.717) is 28.1 Å². The summed E-state index contributed by atoms with van der Waals surface area (Å²) in [5.41, 5.74) is 1.33. The Labute approximate surface area is 169 Å². The van der Waals surface area contributed by atoms with E-state index >= 15 is 0 Å². The molecule has 8 heteroatoms. The van der Waals surface area contributed by atoms with E-state index in [1.165, 1.54) is 28.9 Å². The van der Waals surface area contributed by atoms with Crippen molar-refractivity contribution in [2.45, 2.75) is 26.3 Å². The van der Waals surface area contributed by atoms with Crippen molar-refractivity contribution in [2.24, 2.45) is 4.99 Å². The Bertz CT molecular complexity index is 1160. The number of ketones is 1. The molecular weight excluding hydrogens is 400 g/mol. The summed E-state index contributed by atoms with van der Waals surface area (Å²) in [7, 11) is 0. The van der Waals surface area contributed by atoms with Crippen LogP contribution in [-0.2, 0) is 4.79 Å². The molecule has 0 spiro atoms. The van der Waals surface area contributed by atoms with Gasteiger partial charge in [0.15, 0.2) is 10.6 Å². The Morgan fingerprint density at radius 3 is 2.54 bits per heavy atom. The van der Waals surface area contributed by atoms with Crippen LogP contribution in [-0.4, -0.2) is 27.3 Å². The van der Waals surface area contributed by atoms with Gasteiger partial charge < -0.3 is 9.67 Å². The van der Waals surface area contributed by atoms with E-state index in [9.17, 15) is 19.5 Å². The minimum atomic E-state index is -1.04. The van der Waals surface area contributed by atoms with Gasteiger partial charge in [-0.1, -0.05) is 35.9 Å². The number of Topliss-reactive ketones (excluding diaryl/α,β-unsaturated/α-hetero) is 1. The molecule has 0 bridgehead atoms. The summed E-state index contributed by atoms with van der Waals surface area (Å²) < 4.78 is 2.25. The maximum absolute atomic E-state index is 12.6. The molecule has 6 nitrogen and oxygen atoms in total. The standard InChI is InChI=1S/C20H17ClN2O4S/c1-3-15(19(26)27)23-16-10-12(11(2)24)7-8-17(16)28-20(23)22-18(25)13-5-4-6-14(21)9-13/h4-10,15H,3H2,1-2H3,(H,26,27). The highest BCUT2D eigenvalue weighted by atomic mass is 35.5. The lowest BCUT2D eigenvalue weighted by molar-refractivity contribution is -0.140. The third-order valence-electron chi connectivity index (χ3n) is 4.28. The number of carbonyl (C=O) groups is 3. The largest absolute Gasteiger partial charge is 0.480 e. The van der Waals surface area contributed by atoms with Gasteiger partial charge in [0.1, 0.15) is 6.04 Å². The number of benzene rings is 2. The van der Waals surface area contributed by atoms with Gasteiger partial charge in [-0.15, -0.1) is 0 Å². The molecule has 2 aromatic carbocycles. The van der Waals surface area contributed by atoms with Crippen LogP contribution in [0, 0.1) is 0 Å². The molecule has 1 unspecified atom stereocenters. The molecule has 0 aliphatic rings. The minimum Gasteiger partial charge on any atom is -0.480 e. The van der Waals surface area contributed by atoms with Gasteiger partial charge in [-0.2, -0.15) is 4.99 Å². The molecule has 144 valence electrons. The van der Waals surface area contributed by atoms with Crippen molar-refractivity contribution >= 4 is 50.8 Å². The fourth-order valence-corrected chi connectivity index (χ4v) is 4.12. The first-order valence-electron chi connectivity index (χ1n) is 8.55. The van der Waals surface area contributed by atoms with Gasteiger partial charge in [-0.05, 0) is 49.7 Å². The van der Waals surface area contributed by atoms with Gasteiger partial charge in [0.2, 0.25) is 0 Å². The molecule has 1 atom stereocenters. The molecule has 0 aliphatic carbocycles. The molecule has 0 aliphatic heterocycles. The lowest BCUT2D eigenvalue weighted by Gasteiger charge is -2.13. The zero-order valence-corrected chi connectivity index (χ0v) is 16.8. The summed E-state index contributed by atoms with van der Waals surface area (Å²) in [5.74, 6) is -1.68. The molecule has 0 saturated heterocycles. The number of hydrogen-bond donors (Lipinski definition) is 1. The summed E-state index contributed by atoms with van der Waals surface area (Å²) in [4.78, 5) is 40.6. The summed E-state index contributed by atoms with van der Waals surface area (Å²) >= 11 is 7.14. The second-order valence-electron chi connectivity index (χ2n) is 6.18. The minimum absolute atomic E-state index is 0.128. The first kappa shape index (κ1) is 20.0. The highest BCUT2D eigenvalue weighted by Gasteiger charge is 2.22. The number of aliphatic carboxylic acids is 1. The van der Waals surface area contributed by atoms with Gasteiger partial charge in [0.05, 0.1) is 10.2 Å². The maximum Gasteiger partial charge on any atom is 0.326 e. The number of carbonyl (C=O) groups excluding carboxylic acids is 2. The van der Waals surface area contributed by atoms with Crippen molar-refractivity contribution in [3.8, 4) is 0 Å². The molecule has 0 saturated carbocycles. The van der Waals surface area contributed by atoms with E-state index in [1.807, 2.05) is 0 Å². The van der Waals surface area contributed by atoms with E-state index in [4.69, 9.17) is 11.6 Å². The molecule has 1 amide bonds. The van der Waals surface area contributed by atoms with Gasteiger partial charge in [0.25, 0.3) is 5.91 Å². The molecule has 3 rings (SSSR count). The van der Waals surface area contributed by atoms with Crippen LogP contribution in [0.5, 0.6) is 0 Å². The predicted molar refractivity (Wildman–Crippen MR) is 108 cm³/mol. The summed E-state index contributed by atoms with van der Waals surface area (Å²) in [6.45, 7) is 3.19. The lowest BCUT2D eigenvalue weighted by Crippen LogP contribution is -2.27. The summed E-state index contributed by atoms with van der Waals surface area (Å²) in [5, 5.41) is 10.1. The average Bonchev–Trinajstić information content (AvgIpc) is 2.99. The van der Waals surface area contributed by atoms with Crippen LogP contribution in [0.4, 0.5) is 0 Å². The average molecular weight is 417 g/mol. The van der Waals surface area contributed by atoms with Crippen molar-refractivity contribution in [2.75, 3.05) is 0 Å². The first-order valence-corrected chi connectivity index (χ1v) is 9.74. The first-order chi connectivity index (χ1) is 13.3. The van der Waals surface area contributed by atoms with Crippen LogP contribution < -0.4 is 4.80 Å². The third-order valence-corrected chi connectivity index (χ3v) is 5.56. The number of rotatable bonds is 5. The number of hydrogen-bond acceptors (Lipinski definition) is 4. The second-order valence-corrected chi connectivity index (χ2v) is 7.63. The molecular formula is C20H17ClN2O4S. The Morgan fingerprint density at radius 1 is 1.18 bits per heavy atom. The number of amides is 1. The van der Waals surface area contributed by atoms with Crippen LogP contribution in [0.2, 0.25) is 5.02 Å². The molecule has 1 aromatic heterocycles. The van der Waals surface area contributed by atoms with Crippen molar-refractivity contribution in [1.82, 2.24) is 4.57 Å². The van der Waals surface area contributed by atoms with Crippen molar-refractivity contribution in [1.29, 1.82) is 0 Å². The number of nitrogens with zero attached hydrogens (tertiary/aromatic N) is 2. The van der Waals surface area contributed by atoms with Gasteiger partial charge >= 0.3 is 5.97 Å². The molecule has 1 heterocycles. The maximum atomic E-state index is 12.6. The highest BCUT2D eigenvalue weighted by Crippen LogP contribution is 2.24. The third kappa shape index (κ3) is 3.90. The number of fused-ring (bicyclic) bond motifs is 1. The van der Waals surface area contributed by atoms with Gasteiger partial charge in [0, 0.05) is 16.1 Å². The van der Waals surface area contributed by atoms with Crippen molar-refractivity contribution in [3.63, 3.8) is 0 Å². The van der Waals surface area contributed by atoms with Crippen molar-refractivity contribution < 1.29 is 19.5 Å². The Kier molecular flexibility index (Phi) is 5.76. The quantitative estimate of drug-likeness (QED) is 0.626. The Balaban J connectivity index is 2.27. The van der Waals surface area contributed by atoms with E-state index in [1.54, 1.807) is 43.3 Å². The molecule has 1 N–H and O–H groups in total. The van der Waals surface area contributed by atoms with Gasteiger partial charge in [-0.25, -0.2) is 4.79 Å². The van der Waals surface area contributed by atoms with Crippen molar-refractivity contribution in [3.05, 3.63) is 63.4 Å². The molecule has 3 aromatic rings. The fourth-order valence-electron chi connectivity index (χ4n) is 2.88. The number of thiazole rings is 1. The molecule has 28 heavy (non-hydrogen) atoms. The zero-order chi connectivity index (χ0) is 20.4. The van der Waals surface area contributed by atoms with Crippen LogP contribution in [0.15, 0.2) is 47.5 Å². The topological polar surface area (TPSA) is 88.7 Å². The Morgan fingerprint density at radius 2 is 1.93 bits per heavy atom. The zero-order valence-electron chi connectivity index (χ0n) is 15.2. The lowest BCUT2D eigenvalue weighted by atomic mass is 10.1. The number of carboxylic acids is 1. The van der Waals surface area contributed by atoms with E-state index < -0.39 is 17.9 Å². The van der Waals surface area contributed by atoms with Crippen LogP contribution in [0.25, 0.3) is 10.2 Å². The Hall–Kier alpha value is -2.77. The monoisotopic (exact) mass is 416 g/mol. The van der Waals surface area contributed by atoms with E-state index in [-0.39, 0.29) is 10.6 Å². The molecule has 0 radical (unpaired) electrons. The summed E-state index contributed by atoms with van der Waals surface area (Å²) in [6.07, 6.45) is 0.296. The van der Waals surface area contributed by atoms with Crippen LogP contribution >= 0.6 is 22.9 Å². The number of aromatic nitrogens is 1. The van der Waals surface area contributed by atoms with E-state index in [0.717, 1.165) is 4.70 Å². The number of halogens is 1. The number of carboxylic acid groups (broad SMARTS) is 1.